The SMILES string of the molecule is Cn1ncc(C(=O)Nc2ncccc2O)c1N. The number of aromatic nitrogens is 3. The molecular formula is C10H11N5O2. The molecule has 0 radical (unpaired) electrons. The first-order chi connectivity index (χ1) is 8.09. The monoisotopic (exact) mass is 233 g/mol. The molecule has 0 aliphatic heterocycles. The number of aryl methyl sites for hydroxylation is 1. The first-order valence-electron chi connectivity index (χ1n) is 4.82. The zero-order chi connectivity index (χ0) is 12.4. The number of nitrogens with zero attached hydrogens (tertiary/aromatic N) is 3. The summed E-state index contributed by atoms with van der Waals surface area (Å²) in [6.45, 7) is 0. The Morgan fingerprint density at radius 1 is 1.59 bits per heavy atom. The van der Waals surface area contributed by atoms with Crippen molar-refractivity contribution in [2.45, 2.75) is 0 Å². The molecule has 0 spiro atoms. The van der Waals surface area contributed by atoms with Crippen LogP contribution in [0.25, 0.3) is 0 Å². The zero-order valence-electron chi connectivity index (χ0n) is 9.08. The van der Waals surface area contributed by atoms with Crippen LogP contribution >= 0.6 is 0 Å². The third-order valence-electron chi connectivity index (χ3n) is 2.25. The molecule has 0 bridgehead atoms. The minimum Gasteiger partial charge on any atom is -0.504 e. The number of carbonyl (C=O) groups is 1. The van der Waals surface area contributed by atoms with Crippen LogP contribution in [0.1, 0.15) is 10.4 Å². The van der Waals surface area contributed by atoms with E-state index in [9.17, 15) is 9.90 Å². The molecular weight excluding hydrogens is 222 g/mol. The summed E-state index contributed by atoms with van der Waals surface area (Å²) in [7, 11) is 1.63. The maximum absolute atomic E-state index is 11.8. The summed E-state index contributed by atoms with van der Waals surface area (Å²) >= 11 is 0. The summed E-state index contributed by atoms with van der Waals surface area (Å²) in [5.74, 6) is -0.244. The predicted molar refractivity (Wildman–Crippen MR) is 61.5 cm³/mol. The molecule has 0 unspecified atom stereocenters. The lowest BCUT2D eigenvalue weighted by Crippen LogP contribution is -2.14. The van der Waals surface area contributed by atoms with Crippen molar-refractivity contribution in [3.05, 3.63) is 30.1 Å². The highest BCUT2D eigenvalue weighted by molar-refractivity contribution is 6.07. The fourth-order valence-electron chi connectivity index (χ4n) is 1.29. The number of aromatic hydroxyl groups is 1. The molecule has 0 aliphatic rings. The smallest absolute Gasteiger partial charge is 0.262 e. The van der Waals surface area contributed by atoms with Gasteiger partial charge in [-0.2, -0.15) is 5.10 Å². The van der Waals surface area contributed by atoms with Crippen LogP contribution in [0.5, 0.6) is 5.75 Å². The number of nitrogen functional groups attached to an aromatic ring is 1. The molecule has 0 saturated heterocycles. The molecule has 17 heavy (non-hydrogen) atoms. The summed E-state index contributed by atoms with van der Waals surface area (Å²) in [5.41, 5.74) is 5.89. The van der Waals surface area contributed by atoms with E-state index in [1.54, 1.807) is 13.1 Å². The van der Waals surface area contributed by atoms with Crippen molar-refractivity contribution in [1.82, 2.24) is 14.8 Å². The van der Waals surface area contributed by atoms with E-state index < -0.39 is 5.91 Å². The number of amides is 1. The number of anilines is 2. The van der Waals surface area contributed by atoms with Crippen LogP contribution in [-0.2, 0) is 7.05 Å². The summed E-state index contributed by atoms with van der Waals surface area (Å²) in [5, 5.41) is 15.7. The molecule has 0 aliphatic carbocycles. The number of pyridine rings is 1. The number of nitrogens with one attached hydrogen (secondary N) is 1. The second-order valence-electron chi connectivity index (χ2n) is 3.39. The van der Waals surface area contributed by atoms with Gasteiger partial charge < -0.3 is 16.2 Å². The summed E-state index contributed by atoms with van der Waals surface area (Å²) < 4.78 is 1.38. The number of carbonyl (C=O) groups excluding carboxylic acids is 1. The van der Waals surface area contributed by atoms with Gasteiger partial charge in [0.15, 0.2) is 11.6 Å². The minimum absolute atomic E-state index is 0.0840. The lowest BCUT2D eigenvalue weighted by atomic mass is 10.3. The van der Waals surface area contributed by atoms with Crippen molar-refractivity contribution in [2.75, 3.05) is 11.1 Å². The Bertz CT molecular complexity index is 564. The Labute approximate surface area is 96.9 Å². The Morgan fingerprint density at radius 2 is 2.35 bits per heavy atom. The van der Waals surface area contributed by atoms with Gasteiger partial charge in [0.25, 0.3) is 5.91 Å². The molecule has 7 nitrogen and oxygen atoms in total. The quantitative estimate of drug-likeness (QED) is 0.694. The lowest BCUT2D eigenvalue weighted by molar-refractivity contribution is 0.102. The fraction of sp³-hybridized carbons (Fsp3) is 0.100. The van der Waals surface area contributed by atoms with E-state index >= 15 is 0 Å². The lowest BCUT2D eigenvalue weighted by Gasteiger charge is -2.05. The van der Waals surface area contributed by atoms with Gasteiger partial charge in [0.05, 0.1) is 6.20 Å². The Kier molecular flexibility index (Phi) is 2.65. The molecule has 1 amide bonds. The fourth-order valence-corrected chi connectivity index (χ4v) is 1.29. The third-order valence-corrected chi connectivity index (χ3v) is 2.25. The second-order valence-corrected chi connectivity index (χ2v) is 3.39. The van der Waals surface area contributed by atoms with Crippen LogP contribution in [0.3, 0.4) is 0 Å². The molecule has 2 aromatic rings. The van der Waals surface area contributed by atoms with E-state index in [1.807, 2.05) is 0 Å². The number of hydrogen-bond acceptors (Lipinski definition) is 5. The molecule has 7 heteroatoms. The summed E-state index contributed by atoms with van der Waals surface area (Å²) in [6, 6.07) is 2.98. The van der Waals surface area contributed by atoms with Gasteiger partial charge in [-0.25, -0.2) is 4.98 Å². The van der Waals surface area contributed by atoms with Gasteiger partial charge in [-0.3, -0.25) is 9.48 Å². The van der Waals surface area contributed by atoms with Crippen molar-refractivity contribution in [3.8, 4) is 5.75 Å². The third kappa shape index (κ3) is 2.03. The van der Waals surface area contributed by atoms with Crippen LogP contribution < -0.4 is 11.1 Å². The molecule has 88 valence electrons. The molecule has 2 heterocycles. The van der Waals surface area contributed by atoms with Crippen LogP contribution in [0, 0.1) is 0 Å². The molecule has 0 atom stereocenters. The number of rotatable bonds is 2. The zero-order valence-corrected chi connectivity index (χ0v) is 9.08. The highest BCUT2D eigenvalue weighted by Gasteiger charge is 2.15. The molecule has 0 saturated carbocycles. The molecule has 2 aromatic heterocycles. The normalized spacial score (nSPS) is 10.2. The van der Waals surface area contributed by atoms with Gasteiger partial charge in [0, 0.05) is 13.2 Å². The molecule has 0 fully saturated rings. The summed E-state index contributed by atoms with van der Waals surface area (Å²) in [4.78, 5) is 15.6. The van der Waals surface area contributed by atoms with Crippen LogP contribution in [0.2, 0.25) is 0 Å². The van der Waals surface area contributed by atoms with Crippen molar-refractivity contribution in [3.63, 3.8) is 0 Å². The number of nitrogens with two attached hydrogens (primary N) is 1. The Morgan fingerprint density at radius 3 is 2.94 bits per heavy atom. The highest BCUT2D eigenvalue weighted by Crippen LogP contribution is 2.20. The Hall–Kier alpha value is -2.57. The minimum atomic E-state index is -0.468. The standard InChI is InChI=1S/C10H11N5O2/c1-15-8(11)6(5-13-15)10(17)14-9-7(16)3-2-4-12-9/h2-5,16H,11H2,1H3,(H,12,14,17). The first kappa shape index (κ1) is 10.9. The topological polar surface area (TPSA) is 106 Å². The van der Waals surface area contributed by atoms with E-state index in [-0.39, 0.29) is 22.9 Å². The van der Waals surface area contributed by atoms with Crippen molar-refractivity contribution >= 4 is 17.5 Å². The van der Waals surface area contributed by atoms with E-state index in [0.717, 1.165) is 0 Å². The molecule has 4 N–H and O–H groups in total. The maximum atomic E-state index is 11.8. The van der Waals surface area contributed by atoms with Gasteiger partial charge in [-0.05, 0) is 12.1 Å². The van der Waals surface area contributed by atoms with Crippen LogP contribution in [0.15, 0.2) is 24.5 Å². The highest BCUT2D eigenvalue weighted by atomic mass is 16.3. The van der Waals surface area contributed by atoms with Gasteiger partial charge in [-0.15, -0.1) is 0 Å². The largest absolute Gasteiger partial charge is 0.504 e. The average molecular weight is 233 g/mol. The average Bonchev–Trinajstić information content (AvgIpc) is 2.63. The number of hydrogen-bond donors (Lipinski definition) is 3. The van der Waals surface area contributed by atoms with Crippen molar-refractivity contribution in [2.24, 2.45) is 7.05 Å². The van der Waals surface area contributed by atoms with Gasteiger partial charge >= 0.3 is 0 Å². The molecule has 0 aromatic carbocycles. The van der Waals surface area contributed by atoms with E-state index in [1.165, 1.54) is 23.1 Å². The second kappa shape index (κ2) is 4.12. The Balaban J connectivity index is 2.23. The van der Waals surface area contributed by atoms with Crippen molar-refractivity contribution < 1.29 is 9.90 Å². The van der Waals surface area contributed by atoms with Crippen molar-refractivity contribution in [1.29, 1.82) is 0 Å². The van der Waals surface area contributed by atoms with E-state index in [0.29, 0.717) is 0 Å². The first-order valence-corrected chi connectivity index (χ1v) is 4.82. The van der Waals surface area contributed by atoms with Crippen LogP contribution in [0.4, 0.5) is 11.6 Å². The maximum Gasteiger partial charge on any atom is 0.262 e. The van der Waals surface area contributed by atoms with Gasteiger partial charge in [0.1, 0.15) is 11.4 Å². The molecule has 2 rings (SSSR count). The predicted octanol–water partition coefficient (Wildman–Crippen LogP) is 0.355. The van der Waals surface area contributed by atoms with Crippen LogP contribution in [-0.4, -0.2) is 25.8 Å². The van der Waals surface area contributed by atoms with Gasteiger partial charge in [-0.1, -0.05) is 0 Å². The summed E-state index contributed by atoms with van der Waals surface area (Å²) in [6.07, 6.45) is 2.81. The van der Waals surface area contributed by atoms with E-state index in [2.05, 4.69) is 15.4 Å². The van der Waals surface area contributed by atoms with Gasteiger partial charge in [0.2, 0.25) is 0 Å². The van der Waals surface area contributed by atoms with E-state index in [4.69, 9.17) is 5.73 Å².